The van der Waals surface area contributed by atoms with Gasteiger partial charge in [-0.25, -0.2) is 10.1 Å². The molecule has 50 valence electrons. The molecule has 0 aliphatic carbocycles. The van der Waals surface area contributed by atoms with Crippen LogP contribution in [0, 0.1) is 0 Å². The summed E-state index contributed by atoms with van der Waals surface area (Å²) in [5.41, 5.74) is 0. The van der Waals surface area contributed by atoms with E-state index >= 15 is 0 Å². The maximum Gasteiger partial charge on any atom is 0.196 e. The van der Waals surface area contributed by atoms with E-state index < -0.39 is 5.79 Å². The van der Waals surface area contributed by atoms with E-state index in [1.807, 2.05) is 6.92 Å². The first-order chi connectivity index (χ1) is 3.62. The maximum absolute atomic E-state index is 8.85. The van der Waals surface area contributed by atoms with Crippen LogP contribution in [0.1, 0.15) is 26.7 Å². The topological polar surface area (TPSA) is 49.7 Å². The Labute approximate surface area is 48.8 Å². The highest BCUT2D eigenvalue weighted by Gasteiger charge is 2.18. The highest BCUT2D eigenvalue weighted by Crippen LogP contribution is 2.10. The van der Waals surface area contributed by atoms with Crippen LogP contribution in [0.15, 0.2) is 0 Å². The fourth-order valence-electron chi connectivity index (χ4n) is 0.510. The molecule has 0 heterocycles. The summed E-state index contributed by atoms with van der Waals surface area (Å²) in [5, 5.41) is 16.8. The zero-order chi connectivity index (χ0) is 6.62. The van der Waals surface area contributed by atoms with Gasteiger partial charge < -0.3 is 5.11 Å². The zero-order valence-corrected chi connectivity index (χ0v) is 5.22. The van der Waals surface area contributed by atoms with E-state index in [1.54, 1.807) is 0 Å². The van der Waals surface area contributed by atoms with Crippen molar-refractivity contribution in [3.63, 3.8) is 0 Å². The third kappa shape index (κ3) is 2.96. The van der Waals surface area contributed by atoms with E-state index in [1.165, 1.54) is 6.92 Å². The summed E-state index contributed by atoms with van der Waals surface area (Å²) in [7, 11) is 0. The van der Waals surface area contributed by atoms with Crippen LogP contribution in [0.25, 0.3) is 0 Å². The highest BCUT2D eigenvalue weighted by molar-refractivity contribution is 4.54. The van der Waals surface area contributed by atoms with Crippen molar-refractivity contribution in [2.45, 2.75) is 32.5 Å². The first kappa shape index (κ1) is 7.88. The molecule has 2 N–H and O–H groups in total. The molecule has 0 fully saturated rings. The van der Waals surface area contributed by atoms with Crippen LogP contribution < -0.4 is 0 Å². The smallest absolute Gasteiger partial charge is 0.196 e. The number of aliphatic hydroxyl groups is 1. The summed E-state index contributed by atoms with van der Waals surface area (Å²) in [6.07, 6.45) is 1.23. The molecular formula is C5H12O3. The second kappa shape index (κ2) is 3.02. The minimum atomic E-state index is -1.35. The van der Waals surface area contributed by atoms with Gasteiger partial charge in [0.15, 0.2) is 5.79 Å². The van der Waals surface area contributed by atoms with Crippen LogP contribution in [-0.2, 0) is 4.89 Å². The summed E-state index contributed by atoms with van der Waals surface area (Å²) < 4.78 is 0. The molecule has 0 aliphatic rings. The number of hydrogen-bond acceptors (Lipinski definition) is 3. The van der Waals surface area contributed by atoms with Gasteiger partial charge in [-0.2, -0.15) is 0 Å². The molecule has 0 amide bonds. The first-order valence-electron chi connectivity index (χ1n) is 2.67. The molecule has 1 unspecified atom stereocenters. The molecule has 0 aliphatic heterocycles. The Morgan fingerprint density at radius 1 is 1.62 bits per heavy atom. The minimum absolute atomic E-state index is 0.448. The molecule has 1 atom stereocenters. The monoisotopic (exact) mass is 120 g/mol. The molecule has 0 saturated heterocycles. The summed E-state index contributed by atoms with van der Waals surface area (Å²) in [4.78, 5) is 3.73. The van der Waals surface area contributed by atoms with Crippen molar-refractivity contribution in [3.05, 3.63) is 0 Å². The Hall–Kier alpha value is -0.120. The van der Waals surface area contributed by atoms with Gasteiger partial charge >= 0.3 is 0 Å². The molecule has 0 radical (unpaired) electrons. The van der Waals surface area contributed by atoms with E-state index in [2.05, 4.69) is 4.89 Å². The lowest BCUT2D eigenvalue weighted by Crippen LogP contribution is -2.25. The van der Waals surface area contributed by atoms with E-state index in [0.717, 1.165) is 6.42 Å². The SMILES string of the molecule is CCCC(C)(O)OO. The van der Waals surface area contributed by atoms with E-state index in [4.69, 9.17) is 10.4 Å². The van der Waals surface area contributed by atoms with Gasteiger partial charge in [0.05, 0.1) is 0 Å². The highest BCUT2D eigenvalue weighted by atomic mass is 17.1. The molecule has 8 heavy (non-hydrogen) atoms. The summed E-state index contributed by atoms with van der Waals surface area (Å²) in [6.45, 7) is 3.31. The third-order valence-corrected chi connectivity index (χ3v) is 0.911. The second-order valence-electron chi connectivity index (χ2n) is 2.02. The van der Waals surface area contributed by atoms with Gasteiger partial charge in [0.1, 0.15) is 0 Å². The lowest BCUT2D eigenvalue weighted by Gasteiger charge is -2.16. The van der Waals surface area contributed by atoms with Gasteiger partial charge in [0.2, 0.25) is 0 Å². The normalized spacial score (nSPS) is 18.0. The Bertz CT molecular complexity index is 60.7. The fourth-order valence-corrected chi connectivity index (χ4v) is 0.510. The molecule has 0 bridgehead atoms. The molecule has 0 aromatic heterocycles. The second-order valence-corrected chi connectivity index (χ2v) is 2.02. The van der Waals surface area contributed by atoms with Crippen LogP contribution in [0.3, 0.4) is 0 Å². The molecule has 0 aromatic carbocycles. The first-order valence-corrected chi connectivity index (χ1v) is 2.67. The van der Waals surface area contributed by atoms with E-state index in [0.29, 0.717) is 6.42 Å². The molecule has 3 heteroatoms. The van der Waals surface area contributed by atoms with Gasteiger partial charge in [-0.1, -0.05) is 13.3 Å². The van der Waals surface area contributed by atoms with Crippen molar-refractivity contribution < 1.29 is 15.3 Å². The van der Waals surface area contributed by atoms with Gasteiger partial charge in [0.25, 0.3) is 0 Å². The average Bonchev–Trinajstić information content (AvgIpc) is 1.67. The van der Waals surface area contributed by atoms with Gasteiger partial charge in [-0.3, -0.25) is 0 Å². The summed E-state index contributed by atoms with van der Waals surface area (Å²) in [6, 6.07) is 0. The van der Waals surface area contributed by atoms with Crippen molar-refractivity contribution in [3.8, 4) is 0 Å². The zero-order valence-electron chi connectivity index (χ0n) is 5.22. The molecule has 0 saturated carbocycles. The van der Waals surface area contributed by atoms with Gasteiger partial charge in [-0.15, -0.1) is 0 Å². The largest absolute Gasteiger partial charge is 0.363 e. The summed E-state index contributed by atoms with van der Waals surface area (Å²) in [5.74, 6) is -1.35. The van der Waals surface area contributed by atoms with Crippen molar-refractivity contribution in [2.24, 2.45) is 0 Å². The van der Waals surface area contributed by atoms with Crippen LogP contribution in [0.2, 0.25) is 0 Å². The Kier molecular flexibility index (Phi) is 2.97. The lowest BCUT2D eigenvalue weighted by molar-refractivity contribution is -0.387. The van der Waals surface area contributed by atoms with E-state index in [9.17, 15) is 0 Å². The summed E-state index contributed by atoms with van der Waals surface area (Å²) >= 11 is 0. The maximum atomic E-state index is 8.85. The molecular weight excluding hydrogens is 108 g/mol. The number of rotatable bonds is 3. The minimum Gasteiger partial charge on any atom is -0.363 e. The van der Waals surface area contributed by atoms with Crippen molar-refractivity contribution in [2.75, 3.05) is 0 Å². The molecule has 0 spiro atoms. The molecule has 3 nitrogen and oxygen atoms in total. The number of hydrogen-bond donors (Lipinski definition) is 2. The molecule has 0 rings (SSSR count). The van der Waals surface area contributed by atoms with Crippen LogP contribution >= 0.6 is 0 Å². The fraction of sp³-hybridized carbons (Fsp3) is 1.00. The van der Waals surface area contributed by atoms with Crippen LogP contribution in [-0.4, -0.2) is 16.2 Å². The van der Waals surface area contributed by atoms with Crippen molar-refractivity contribution >= 4 is 0 Å². The Morgan fingerprint density at radius 2 is 2.12 bits per heavy atom. The van der Waals surface area contributed by atoms with Crippen molar-refractivity contribution in [1.29, 1.82) is 0 Å². The van der Waals surface area contributed by atoms with Gasteiger partial charge in [-0.05, 0) is 6.92 Å². The quantitative estimate of drug-likeness (QED) is 0.331. The van der Waals surface area contributed by atoms with Crippen molar-refractivity contribution in [1.82, 2.24) is 0 Å². The van der Waals surface area contributed by atoms with Crippen LogP contribution in [0.5, 0.6) is 0 Å². The van der Waals surface area contributed by atoms with E-state index in [-0.39, 0.29) is 0 Å². The third-order valence-electron chi connectivity index (χ3n) is 0.911. The molecule has 0 aromatic rings. The lowest BCUT2D eigenvalue weighted by atomic mass is 10.2. The predicted octanol–water partition coefficient (Wildman–Crippen LogP) is 0.985. The standard InChI is InChI=1S/C5H12O3/c1-3-4-5(2,6)8-7/h6-7H,3-4H2,1-2H3. The van der Waals surface area contributed by atoms with Crippen LogP contribution in [0.4, 0.5) is 0 Å². The predicted molar refractivity (Wildman–Crippen MR) is 29.2 cm³/mol. The Balaban J connectivity index is 3.37. The van der Waals surface area contributed by atoms with Gasteiger partial charge in [0, 0.05) is 6.42 Å². The average molecular weight is 120 g/mol. The Morgan fingerprint density at radius 3 is 2.25 bits per heavy atom.